The normalized spacial score (nSPS) is 18.1. The van der Waals surface area contributed by atoms with Crippen LogP contribution >= 0.6 is 0 Å². The summed E-state index contributed by atoms with van der Waals surface area (Å²) in [6.45, 7) is 0. The lowest BCUT2D eigenvalue weighted by atomic mass is 9.97. The number of benzene rings is 2. The molecule has 1 saturated carbocycles. The summed E-state index contributed by atoms with van der Waals surface area (Å²) in [4.78, 5) is 39.8. The first-order valence-corrected chi connectivity index (χ1v) is 9.86. The van der Waals surface area contributed by atoms with Gasteiger partial charge in [-0.15, -0.1) is 0 Å². The van der Waals surface area contributed by atoms with E-state index in [9.17, 15) is 14.4 Å². The maximum absolute atomic E-state index is 12.9. The monoisotopic (exact) mass is 377 g/mol. The van der Waals surface area contributed by atoms with Crippen LogP contribution in [0.15, 0.2) is 54.6 Å². The Labute approximate surface area is 164 Å². The Morgan fingerprint density at radius 2 is 1.46 bits per heavy atom. The first-order valence-electron chi connectivity index (χ1n) is 9.86. The molecule has 0 saturated heterocycles. The van der Waals surface area contributed by atoms with E-state index in [-0.39, 0.29) is 30.3 Å². The van der Waals surface area contributed by atoms with Crippen molar-refractivity contribution in [2.45, 2.75) is 50.7 Å². The van der Waals surface area contributed by atoms with Crippen LogP contribution in [0.4, 0.5) is 0 Å². The molecule has 1 fully saturated rings. The fourth-order valence-electron chi connectivity index (χ4n) is 4.10. The second-order valence-electron chi connectivity index (χ2n) is 7.41. The molecule has 1 atom stereocenters. The number of fused-ring (bicyclic) bond motifs is 1. The molecule has 2 amide bonds. The molecule has 0 radical (unpaired) electrons. The van der Waals surface area contributed by atoms with Gasteiger partial charge in [0.2, 0.25) is 0 Å². The van der Waals surface area contributed by atoms with Gasteiger partial charge in [0.05, 0.1) is 23.6 Å². The van der Waals surface area contributed by atoms with Gasteiger partial charge < -0.3 is 4.74 Å². The molecule has 1 heterocycles. The fourth-order valence-corrected chi connectivity index (χ4v) is 4.10. The number of carbonyl (C=O) groups is 3. The Kier molecular flexibility index (Phi) is 5.24. The first-order chi connectivity index (χ1) is 13.6. The molecule has 0 N–H and O–H groups in total. The molecule has 5 heteroatoms. The van der Waals surface area contributed by atoms with Crippen molar-refractivity contribution in [3.05, 3.63) is 71.3 Å². The Balaban J connectivity index is 1.59. The minimum Gasteiger partial charge on any atom is -0.462 e. The highest BCUT2D eigenvalue weighted by Crippen LogP contribution is 2.34. The molecular formula is C23H23NO4. The standard InChI is InChI=1S/C23H23NO4/c25-21(28-17-11-5-2-6-12-17)15-20(16-9-3-1-4-10-16)24-22(26)18-13-7-8-14-19(18)23(24)27/h1,3-4,7-10,13-14,17,20H,2,5-6,11-12,15H2. The molecule has 2 aliphatic rings. The van der Waals surface area contributed by atoms with Crippen LogP contribution in [0.3, 0.4) is 0 Å². The summed E-state index contributed by atoms with van der Waals surface area (Å²) in [5.41, 5.74) is 1.51. The van der Waals surface area contributed by atoms with Crippen LogP contribution in [0.2, 0.25) is 0 Å². The topological polar surface area (TPSA) is 63.7 Å². The van der Waals surface area contributed by atoms with Crippen LogP contribution in [-0.4, -0.2) is 28.8 Å². The molecule has 1 aliphatic heterocycles. The Morgan fingerprint density at radius 1 is 0.893 bits per heavy atom. The molecule has 0 spiro atoms. The van der Waals surface area contributed by atoms with E-state index in [1.807, 2.05) is 30.3 Å². The minimum absolute atomic E-state index is 0.0357. The van der Waals surface area contributed by atoms with E-state index in [0.29, 0.717) is 11.1 Å². The van der Waals surface area contributed by atoms with E-state index >= 15 is 0 Å². The highest BCUT2D eigenvalue weighted by atomic mass is 16.5. The van der Waals surface area contributed by atoms with Crippen molar-refractivity contribution in [3.8, 4) is 0 Å². The van der Waals surface area contributed by atoms with Crippen LogP contribution < -0.4 is 0 Å². The smallest absolute Gasteiger partial charge is 0.308 e. The van der Waals surface area contributed by atoms with Crippen molar-refractivity contribution < 1.29 is 19.1 Å². The lowest BCUT2D eigenvalue weighted by Gasteiger charge is -2.28. The SMILES string of the molecule is O=C(CC(c1ccccc1)N1C(=O)c2ccccc2C1=O)OC1CCCCC1. The van der Waals surface area contributed by atoms with Gasteiger partial charge in [-0.25, -0.2) is 0 Å². The molecular weight excluding hydrogens is 354 g/mol. The third-order valence-corrected chi connectivity index (χ3v) is 5.53. The van der Waals surface area contributed by atoms with Gasteiger partial charge >= 0.3 is 5.97 Å². The molecule has 5 nitrogen and oxygen atoms in total. The van der Waals surface area contributed by atoms with E-state index in [4.69, 9.17) is 4.74 Å². The predicted molar refractivity (Wildman–Crippen MR) is 104 cm³/mol. The highest BCUT2D eigenvalue weighted by Gasteiger charge is 2.41. The number of amides is 2. The van der Waals surface area contributed by atoms with Gasteiger partial charge in [-0.1, -0.05) is 48.9 Å². The number of hydrogen-bond donors (Lipinski definition) is 0. The van der Waals surface area contributed by atoms with Crippen LogP contribution in [0, 0.1) is 0 Å². The molecule has 144 valence electrons. The number of ether oxygens (including phenoxy) is 1. The zero-order chi connectivity index (χ0) is 19.5. The molecule has 2 aromatic carbocycles. The van der Waals surface area contributed by atoms with Gasteiger partial charge in [0.1, 0.15) is 6.10 Å². The number of nitrogens with zero attached hydrogens (tertiary/aromatic N) is 1. The van der Waals surface area contributed by atoms with Crippen molar-refractivity contribution in [3.63, 3.8) is 0 Å². The molecule has 0 bridgehead atoms. The quantitative estimate of drug-likeness (QED) is 0.576. The maximum atomic E-state index is 12.9. The minimum atomic E-state index is -0.676. The van der Waals surface area contributed by atoms with Crippen molar-refractivity contribution in [1.82, 2.24) is 4.90 Å². The second kappa shape index (κ2) is 7.97. The van der Waals surface area contributed by atoms with Gasteiger partial charge in [0.15, 0.2) is 0 Å². The summed E-state index contributed by atoms with van der Waals surface area (Å²) in [7, 11) is 0. The van der Waals surface area contributed by atoms with E-state index in [0.717, 1.165) is 31.2 Å². The van der Waals surface area contributed by atoms with E-state index < -0.39 is 6.04 Å². The molecule has 1 unspecified atom stereocenters. The third-order valence-electron chi connectivity index (χ3n) is 5.53. The predicted octanol–water partition coefficient (Wildman–Crippen LogP) is 4.29. The zero-order valence-corrected chi connectivity index (χ0v) is 15.7. The van der Waals surface area contributed by atoms with Gasteiger partial charge in [0, 0.05) is 0 Å². The molecule has 0 aromatic heterocycles. The van der Waals surface area contributed by atoms with Gasteiger partial charge in [-0.05, 0) is 43.4 Å². The molecule has 4 rings (SSSR count). The van der Waals surface area contributed by atoms with Gasteiger partial charge in [0.25, 0.3) is 11.8 Å². The van der Waals surface area contributed by atoms with Crippen LogP contribution in [0.25, 0.3) is 0 Å². The van der Waals surface area contributed by atoms with E-state index in [1.54, 1.807) is 24.3 Å². The summed E-state index contributed by atoms with van der Waals surface area (Å²) in [5.74, 6) is -1.09. The second-order valence-corrected chi connectivity index (χ2v) is 7.41. The van der Waals surface area contributed by atoms with Crippen molar-refractivity contribution >= 4 is 17.8 Å². The van der Waals surface area contributed by atoms with Crippen LogP contribution in [-0.2, 0) is 9.53 Å². The summed E-state index contributed by atoms with van der Waals surface area (Å²) >= 11 is 0. The highest BCUT2D eigenvalue weighted by molar-refractivity contribution is 6.21. The number of imide groups is 1. The summed E-state index contributed by atoms with van der Waals surface area (Å²) in [6.07, 6.45) is 4.99. The average molecular weight is 377 g/mol. The lowest BCUT2D eigenvalue weighted by molar-refractivity contribution is -0.151. The zero-order valence-electron chi connectivity index (χ0n) is 15.7. The van der Waals surface area contributed by atoms with Crippen LogP contribution in [0.1, 0.15) is 70.8 Å². The number of rotatable bonds is 5. The van der Waals surface area contributed by atoms with Crippen molar-refractivity contribution in [1.29, 1.82) is 0 Å². The average Bonchev–Trinajstić information content (AvgIpc) is 2.98. The summed E-state index contributed by atoms with van der Waals surface area (Å²) < 4.78 is 5.66. The summed E-state index contributed by atoms with van der Waals surface area (Å²) in [5, 5.41) is 0. The Hall–Kier alpha value is -2.95. The van der Waals surface area contributed by atoms with E-state index in [1.165, 1.54) is 11.3 Å². The number of hydrogen-bond acceptors (Lipinski definition) is 4. The maximum Gasteiger partial charge on any atom is 0.308 e. The Morgan fingerprint density at radius 3 is 2.07 bits per heavy atom. The third kappa shape index (κ3) is 3.57. The molecule has 2 aromatic rings. The lowest BCUT2D eigenvalue weighted by Crippen LogP contribution is -2.36. The number of carbonyl (C=O) groups excluding carboxylic acids is 3. The largest absolute Gasteiger partial charge is 0.462 e. The van der Waals surface area contributed by atoms with Crippen molar-refractivity contribution in [2.24, 2.45) is 0 Å². The number of esters is 1. The van der Waals surface area contributed by atoms with E-state index in [2.05, 4.69) is 0 Å². The molecule has 1 aliphatic carbocycles. The summed E-state index contributed by atoms with van der Waals surface area (Å²) in [6, 6.07) is 15.3. The Bertz CT molecular complexity index is 851. The van der Waals surface area contributed by atoms with Crippen LogP contribution in [0.5, 0.6) is 0 Å². The van der Waals surface area contributed by atoms with Crippen molar-refractivity contribution in [2.75, 3.05) is 0 Å². The molecule has 28 heavy (non-hydrogen) atoms. The van der Waals surface area contributed by atoms with Gasteiger partial charge in [-0.2, -0.15) is 0 Å². The fraction of sp³-hybridized carbons (Fsp3) is 0.348. The van der Waals surface area contributed by atoms with Gasteiger partial charge in [-0.3, -0.25) is 19.3 Å². The first kappa shape index (κ1) is 18.4.